The van der Waals surface area contributed by atoms with Crippen LogP contribution in [-0.4, -0.2) is 38.9 Å². The van der Waals surface area contributed by atoms with Gasteiger partial charge in [-0.1, -0.05) is 6.58 Å². The van der Waals surface area contributed by atoms with Crippen molar-refractivity contribution < 1.29 is 33.2 Å². The van der Waals surface area contributed by atoms with Gasteiger partial charge in [-0.05, 0) is 41.5 Å². The van der Waals surface area contributed by atoms with Crippen molar-refractivity contribution in [1.29, 1.82) is 0 Å². The summed E-state index contributed by atoms with van der Waals surface area (Å²) in [6, 6.07) is 1.73. The molecule has 2 atom stereocenters. The van der Waals surface area contributed by atoms with E-state index in [4.69, 9.17) is 28.4 Å². The van der Waals surface area contributed by atoms with Crippen molar-refractivity contribution in [2.24, 2.45) is 0 Å². The first-order valence-corrected chi connectivity index (χ1v) is 9.34. The van der Waals surface area contributed by atoms with E-state index in [9.17, 15) is 4.79 Å². The summed E-state index contributed by atoms with van der Waals surface area (Å²) >= 11 is 0. The van der Waals surface area contributed by atoms with E-state index in [-0.39, 0.29) is 6.61 Å². The molecule has 0 radical (unpaired) electrons. The average Bonchev–Trinajstić information content (AvgIpc) is 2.63. The van der Waals surface area contributed by atoms with Crippen LogP contribution in [0, 0.1) is 6.92 Å². The highest BCUT2D eigenvalue weighted by Crippen LogP contribution is 2.40. The summed E-state index contributed by atoms with van der Waals surface area (Å²) in [5, 5.41) is 0. The molecule has 0 heterocycles. The zero-order chi connectivity index (χ0) is 21.3. The summed E-state index contributed by atoms with van der Waals surface area (Å²) in [4.78, 5) is 11.9. The number of methoxy groups -OCH3 is 1. The number of rotatable bonds is 12. The molecule has 0 saturated carbocycles. The Morgan fingerprint density at radius 2 is 1.64 bits per heavy atom. The molecule has 7 nitrogen and oxygen atoms in total. The van der Waals surface area contributed by atoms with Gasteiger partial charge in [0.2, 0.25) is 0 Å². The summed E-state index contributed by atoms with van der Waals surface area (Å²) in [7, 11) is 1.53. The number of hydrogen-bond acceptors (Lipinski definition) is 7. The highest BCUT2D eigenvalue weighted by atomic mass is 16.7. The lowest BCUT2D eigenvalue weighted by Gasteiger charge is -2.24. The van der Waals surface area contributed by atoms with Gasteiger partial charge in [-0.2, -0.15) is 0 Å². The lowest BCUT2D eigenvalue weighted by molar-refractivity contribution is -0.140. The second-order valence-electron chi connectivity index (χ2n) is 6.15. The topological polar surface area (TPSA) is 72.5 Å². The van der Waals surface area contributed by atoms with E-state index < -0.39 is 18.5 Å². The first-order chi connectivity index (χ1) is 13.2. The highest BCUT2D eigenvalue weighted by Gasteiger charge is 2.23. The van der Waals surface area contributed by atoms with Gasteiger partial charge >= 0.3 is 5.97 Å². The summed E-state index contributed by atoms with van der Waals surface area (Å²) in [6.45, 7) is 15.4. The van der Waals surface area contributed by atoms with Gasteiger partial charge in [0.15, 0.2) is 12.6 Å². The monoisotopic (exact) mass is 396 g/mol. The Morgan fingerprint density at radius 3 is 2.14 bits per heavy atom. The van der Waals surface area contributed by atoms with Gasteiger partial charge in [0.1, 0.15) is 23.9 Å². The molecule has 0 saturated heterocycles. The van der Waals surface area contributed by atoms with Crippen molar-refractivity contribution in [3.63, 3.8) is 0 Å². The van der Waals surface area contributed by atoms with Crippen molar-refractivity contribution in [3.8, 4) is 17.2 Å². The fourth-order valence-corrected chi connectivity index (χ4v) is 2.51. The third kappa shape index (κ3) is 6.73. The Bertz CT molecular complexity index is 669. The second kappa shape index (κ2) is 11.6. The highest BCUT2D eigenvalue weighted by molar-refractivity contribution is 5.87. The lowest BCUT2D eigenvalue weighted by Crippen LogP contribution is -2.20. The minimum Gasteiger partial charge on any atom is -0.496 e. The van der Waals surface area contributed by atoms with E-state index in [1.165, 1.54) is 7.11 Å². The third-order valence-electron chi connectivity index (χ3n) is 3.84. The molecule has 1 aromatic rings. The molecule has 2 unspecified atom stereocenters. The zero-order valence-corrected chi connectivity index (χ0v) is 17.9. The fourth-order valence-electron chi connectivity index (χ4n) is 2.51. The molecule has 0 spiro atoms. The van der Waals surface area contributed by atoms with Crippen LogP contribution in [0.3, 0.4) is 0 Å². The first kappa shape index (κ1) is 23.8. The number of hydrogen-bond donors (Lipinski definition) is 0. The van der Waals surface area contributed by atoms with Crippen molar-refractivity contribution in [3.05, 3.63) is 29.3 Å². The average molecular weight is 396 g/mol. The number of esters is 1. The predicted molar refractivity (Wildman–Crippen MR) is 106 cm³/mol. The van der Waals surface area contributed by atoms with Crippen LogP contribution >= 0.6 is 0 Å². The number of ether oxygens (including phenoxy) is 6. The molecule has 0 aromatic heterocycles. The summed E-state index contributed by atoms with van der Waals surface area (Å²) in [6.07, 6.45) is -0.957. The van der Waals surface area contributed by atoms with Crippen molar-refractivity contribution in [2.75, 3.05) is 20.3 Å². The first-order valence-electron chi connectivity index (χ1n) is 9.34. The summed E-state index contributed by atoms with van der Waals surface area (Å²) in [5.41, 5.74) is 1.61. The summed E-state index contributed by atoms with van der Waals surface area (Å²) in [5.74, 6) is 1.01. The predicted octanol–water partition coefficient (Wildman–Crippen LogP) is 4.15. The molecule has 7 heteroatoms. The molecule has 0 fully saturated rings. The van der Waals surface area contributed by atoms with Gasteiger partial charge in [-0.15, -0.1) is 0 Å². The quantitative estimate of drug-likeness (QED) is 0.299. The normalized spacial score (nSPS) is 12.8. The van der Waals surface area contributed by atoms with Crippen LogP contribution in [-0.2, 0) is 25.6 Å². The molecule has 0 aliphatic carbocycles. The Hall–Kier alpha value is -2.25. The molecule has 28 heavy (non-hydrogen) atoms. The molecule has 0 amide bonds. The Kier molecular flexibility index (Phi) is 9.82. The van der Waals surface area contributed by atoms with Crippen molar-refractivity contribution in [2.45, 2.75) is 60.7 Å². The van der Waals surface area contributed by atoms with Crippen molar-refractivity contribution in [1.82, 2.24) is 0 Å². The largest absolute Gasteiger partial charge is 0.496 e. The van der Waals surface area contributed by atoms with Crippen LogP contribution in [0.5, 0.6) is 17.2 Å². The Balaban J connectivity index is 3.34. The van der Waals surface area contributed by atoms with E-state index >= 15 is 0 Å². The molecule has 158 valence electrons. The van der Waals surface area contributed by atoms with E-state index in [0.29, 0.717) is 41.6 Å². The van der Waals surface area contributed by atoms with E-state index in [2.05, 4.69) is 6.58 Å². The van der Waals surface area contributed by atoms with Gasteiger partial charge in [-0.3, -0.25) is 0 Å². The Labute approximate surface area is 167 Å². The lowest BCUT2D eigenvalue weighted by atomic mass is 10.1. The maximum Gasteiger partial charge on any atom is 0.333 e. The van der Waals surface area contributed by atoms with Crippen LogP contribution in [0.25, 0.3) is 0 Å². The van der Waals surface area contributed by atoms with Crippen LogP contribution in [0.4, 0.5) is 0 Å². The van der Waals surface area contributed by atoms with Gasteiger partial charge in [0.25, 0.3) is 0 Å². The molecule has 1 rings (SSSR count). The van der Waals surface area contributed by atoms with E-state index in [1.54, 1.807) is 26.8 Å². The maximum absolute atomic E-state index is 11.9. The molecule has 1 aromatic carbocycles. The van der Waals surface area contributed by atoms with Gasteiger partial charge in [-0.25, -0.2) is 4.79 Å². The molecule has 0 N–H and O–H groups in total. The standard InChI is InChI=1S/C21H32O7/c1-9-24-15(6)27-18-11-19(23-8)17(12-26-21(22)13(3)4)20(14(18)5)28-16(7)25-10-2/h11,15-16H,3,9-10,12H2,1-2,4-8H3. The van der Waals surface area contributed by atoms with E-state index in [0.717, 1.165) is 5.56 Å². The van der Waals surface area contributed by atoms with Gasteiger partial charge < -0.3 is 28.4 Å². The SMILES string of the molecule is C=C(C)C(=O)OCc1c(OC)cc(OC(C)OCC)c(C)c1OC(C)OCC. The zero-order valence-electron chi connectivity index (χ0n) is 17.9. The molecular weight excluding hydrogens is 364 g/mol. The molecular formula is C21H32O7. The van der Waals surface area contributed by atoms with Crippen LogP contribution in [0.15, 0.2) is 18.2 Å². The van der Waals surface area contributed by atoms with Crippen LogP contribution in [0.2, 0.25) is 0 Å². The van der Waals surface area contributed by atoms with Crippen molar-refractivity contribution >= 4 is 5.97 Å². The molecule has 0 aliphatic heterocycles. The van der Waals surface area contributed by atoms with Crippen LogP contribution in [0.1, 0.15) is 45.7 Å². The fraction of sp³-hybridized carbons (Fsp3) is 0.571. The minimum absolute atomic E-state index is 0.0365. The minimum atomic E-state index is -0.511. The number of benzene rings is 1. The van der Waals surface area contributed by atoms with Gasteiger partial charge in [0.05, 0.1) is 12.7 Å². The second-order valence-corrected chi connectivity index (χ2v) is 6.15. The number of carbonyl (C=O) groups excluding carboxylic acids is 1. The molecule has 0 bridgehead atoms. The summed E-state index contributed by atoms with van der Waals surface area (Å²) < 4.78 is 33.7. The number of carbonyl (C=O) groups is 1. The third-order valence-corrected chi connectivity index (χ3v) is 3.84. The maximum atomic E-state index is 11.9. The Morgan fingerprint density at radius 1 is 1.07 bits per heavy atom. The van der Waals surface area contributed by atoms with E-state index in [1.807, 2.05) is 20.8 Å². The molecule has 0 aliphatic rings. The van der Waals surface area contributed by atoms with Crippen LogP contribution < -0.4 is 14.2 Å². The smallest absolute Gasteiger partial charge is 0.333 e. The van der Waals surface area contributed by atoms with Gasteiger partial charge in [0, 0.05) is 30.4 Å².